The van der Waals surface area contributed by atoms with Gasteiger partial charge in [0.05, 0.1) is 17.0 Å². The van der Waals surface area contributed by atoms with Gasteiger partial charge in [-0.25, -0.2) is 22.5 Å². The zero-order valence-electron chi connectivity index (χ0n) is 18.2. The highest BCUT2D eigenvalue weighted by Gasteiger charge is 2.45. The van der Waals surface area contributed by atoms with Crippen molar-refractivity contribution in [2.24, 2.45) is 0 Å². The molecule has 7 nitrogen and oxygen atoms in total. The fraction of sp³-hybridized carbons (Fsp3) is 0.435. The normalized spacial score (nSPS) is 26.9. The Balaban J connectivity index is 1.51. The van der Waals surface area contributed by atoms with E-state index in [-0.39, 0.29) is 46.9 Å². The second kappa shape index (κ2) is 8.40. The van der Waals surface area contributed by atoms with E-state index in [0.29, 0.717) is 12.1 Å². The Hall–Kier alpha value is -2.89. The van der Waals surface area contributed by atoms with Crippen molar-refractivity contribution in [3.63, 3.8) is 0 Å². The molecule has 1 aromatic carbocycles. The number of nitrogens with two attached hydrogens (primary N) is 1. The van der Waals surface area contributed by atoms with Gasteiger partial charge in [-0.3, -0.25) is 0 Å². The Bertz CT molecular complexity index is 1250. The number of benzene rings is 1. The fourth-order valence-corrected chi connectivity index (χ4v) is 5.12. The number of nitrogens with zero attached hydrogens (tertiary/aromatic N) is 2. The van der Waals surface area contributed by atoms with Crippen LogP contribution in [0.5, 0.6) is 5.75 Å². The number of anilines is 1. The van der Waals surface area contributed by atoms with E-state index < -0.39 is 48.0 Å². The van der Waals surface area contributed by atoms with E-state index in [2.05, 4.69) is 10.3 Å². The van der Waals surface area contributed by atoms with Crippen molar-refractivity contribution < 1.29 is 32.5 Å². The summed E-state index contributed by atoms with van der Waals surface area (Å²) in [7, 11) is 0. The Morgan fingerprint density at radius 2 is 2.03 bits per heavy atom. The molecule has 1 aliphatic carbocycles. The highest BCUT2D eigenvalue weighted by molar-refractivity contribution is 5.89. The average Bonchev–Trinajstić information content (AvgIpc) is 3.27. The van der Waals surface area contributed by atoms with Crippen molar-refractivity contribution in [2.45, 2.75) is 56.6 Å². The lowest BCUT2D eigenvalue weighted by atomic mass is 9.89. The number of aromatic nitrogens is 2. The van der Waals surface area contributed by atoms with Crippen molar-refractivity contribution in [1.82, 2.24) is 14.9 Å². The molecule has 3 aromatic rings. The number of pyridine rings is 1. The van der Waals surface area contributed by atoms with Crippen LogP contribution < -0.4 is 15.8 Å². The molecule has 2 aliphatic rings. The van der Waals surface area contributed by atoms with E-state index in [1.165, 1.54) is 16.8 Å². The molecule has 0 bridgehead atoms. The third-order valence-corrected chi connectivity index (χ3v) is 6.81. The Morgan fingerprint density at radius 3 is 2.76 bits per heavy atom. The third kappa shape index (κ3) is 3.50. The van der Waals surface area contributed by atoms with Crippen LogP contribution in [0.4, 0.5) is 23.2 Å². The minimum atomic E-state index is -3.05. The van der Waals surface area contributed by atoms with Crippen molar-refractivity contribution in [1.29, 1.82) is 0 Å². The number of ether oxygens (including phenoxy) is 1. The van der Waals surface area contributed by atoms with E-state index in [4.69, 9.17) is 10.5 Å². The van der Waals surface area contributed by atoms with Gasteiger partial charge in [-0.05, 0) is 18.1 Å². The quantitative estimate of drug-likeness (QED) is 0.428. The Morgan fingerprint density at radius 1 is 1.26 bits per heavy atom. The lowest BCUT2D eigenvalue weighted by molar-refractivity contribution is -0.0168. The lowest BCUT2D eigenvalue weighted by Crippen LogP contribution is -2.35. The van der Waals surface area contributed by atoms with Gasteiger partial charge in [0, 0.05) is 48.7 Å². The molecule has 1 fully saturated rings. The van der Waals surface area contributed by atoms with Crippen LogP contribution in [-0.2, 0) is 6.54 Å². The van der Waals surface area contributed by atoms with Gasteiger partial charge in [0.1, 0.15) is 35.5 Å². The molecule has 3 heterocycles. The van der Waals surface area contributed by atoms with Gasteiger partial charge in [0.2, 0.25) is 0 Å². The summed E-state index contributed by atoms with van der Waals surface area (Å²) in [5.41, 5.74) is 6.03. The second-order valence-electron chi connectivity index (χ2n) is 8.93. The Kier molecular flexibility index (Phi) is 5.65. The van der Waals surface area contributed by atoms with Gasteiger partial charge in [-0.1, -0.05) is 6.92 Å². The minimum Gasteiger partial charge on any atom is -0.487 e. The van der Waals surface area contributed by atoms with Crippen LogP contribution in [0.2, 0.25) is 0 Å². The van der Waals surface area contributed by atoms with E-state index in [0.717, 1.165) is 12.3 Å². The van der Waals surface area contributed by atoms with E-state index in [1.54, 1.807) is 6.92 Å². The first-order chi connectivity index (χ1) is 16.2. The first-order valence-corrected chi connectivity index (χ1v) is 11.0. The molecule has 0 saturated heterocycles. The molecule has 5 atom stereocenters. The topological polar surface area (TPSA) is 106 Å². The van der Waals surface area contributed by atoms with Gasteiger partial charge in [0.25, 0.3) is 6.43 Å². The molecule has 1 saturated carbocycles. The summed E-state index contributed by atoms with van der Waals surface area (Å²) in [6.45, 7) is 2.36. The van der Waals surface area contributed by atoms with Crippen LogP contribution in [0, 0.1) is 11.6 Å². The zero-order valence-corrected chi connectivity index (χ0v) is 18.2. The summed E-state index contributed by atoms with van der Waals surface area (Å²) in [5, 5.41) is 24.7. The summed E-state index contributed by atoms with van der Waals surface area (Å²) >= 11 is 0. The van der Waals surface area contributed by atoms with Crippen LogP contribution in [0.25, 0.3) is 11.0 Å². The highest BCUT2D eigenvalue weighted by atomic mass is 19.3. The van der Waals surface area contributed by atoms with Gasteiger partial charge in [0.15, 0.2) is 5.82 Å². The SMILES string of the molecule is C[C@H]1CNCc2c(O[C@H]3C[C@@H](n4cc(F)c5c(N)ccnc54)[C@H](O)[C@@H]3O)cc(C(F)F)c(F)c21. The molecule has 34 heavy (non-hydrogen) atoms. The highest BCUT2D eigenvalue weighted by Crippen LogP contribution is 2.42. The van der Waals surface area contributed by atoms with Crippen LogP contribution in [-0.4, -0.2) is 44.6 Å². The number of hydrogen-bond acceptors (Lipinski definition) is 6. The number of aliphatic hydroxyl groups is 2. The van der Waals surface area contributed by atoms with Crippen LogP contribution in [0.3, 0.4) is 0 Å². The zero-order chi connectivity index (χ0) is 24.3. The summed E-state index contributed by atoms with van der Waals surface area (Å²) in [4.78, 5) is 4.16. The molecule has 0 radical (unpaired) electrons. The molecule has 0 spiro atoms. The van der Waals surface area contributed by atoms with E-state index >= 15 is 0 Å². The maximum atomic E-state index is 14.8. The first-order valence-electron chi connectivity index (χ1n) is 11.0. The predicted octanol–water partition coefficient (Wildman–Crippen LogP) is 3.16. The smallest absolute Gasteiger partial charge is 0.266 e. The van der Waals surface area contributed by atoms with Crippen molar-refractivity contribution in [2.75, 3.05) is 12.3 Å². The number of halogens is 4. The lowest BCUT2D eigenvalue weighted by Gasteiger charge is -2.29. The first kappa shape index (κ1) is 22.9. The molecule has 0 amide bonds. The number of hydrogen-bond donors (Lipinski definition) is 4. The van der Waals surface area contributed by atoms with Crippen LogP contribution >= 0.6 is 0 Å². The minimum absolute atomic E-state index is 0.0218. The van der Waals surface area contributed by atoms with Crippen molar-refractivity contribution in [3.05, 3.63) is 52.9 Å². The summed E-state index contributed by atoms with van der Waals surface area (Å²) < 4.78 is 63.9. The molecular formula is C23H24F4N4O3. The fourth-order valence-electron chi connectivity index (χ4n) is 5.12. The summed E-state index contributed by atoms with van der Waals surface area (Å²) in [6, 6.07) is 1.59. The molecule has 1 aliphatic heterocycles. The van der Waals surface area contributed by atoms with E-state index in [9.17, 15) is 27.8 Å². The molecule has 5 N–H and O–H groups in total. The monoisotopic (exact) mass is 480 g/mol. The maximum Gasteiger partial charge on any atom is 0.266 e. The molecule has 11 heteroatoms. The number of nitrogen functional groups attached to an aromatic ring is 1. The van der Waals surface area contributed by atoms with Crippen molar-refractivity contribution >= 4 is 16.7 Å². The molecule has 2 aromatic heterocycles. The van der Waals surface area contributed by atoms with Crippen LogP contribution in [0.15, 0.2) is 24.5 Å². The molecule has 5 rings (SSSR count). The average molecular weight is 480 g/mol. The maximum absolute atomic E-state index is 14.8. The summed E-state index contributed by atoms with van der Waals surface area (Å²) in [6.07, 6.45) is -4.24. The molecule has 182 valence electrons. The number of aliphatic hydroxyl groups excluding tert-OH is 2. The number of nitrogens with one attached hydrogen (secondary N) is 1. The summed E-state index contributed by atoms with van der Waals surface area (Å²) in [5.74, 6) is -1.91. The number of alkyl halides is 2. The van der Waals surface area contributed by atoms with Gasteiger partial charge in [-0.15, -0.1) is 0 Å². The van der Waals surface area contributed by atoms with Gasteiger partial charge in [-0.2, -0.15) is 0 Å². The largest absolute Gasteiger partial charge is 0.487 e. The number of rotatable bonds is 4. The number of fused-ring (bicyclic) bond motifs is 2. The van der Waals surface area contributed by atoms with Gasteiger partial charge < -0.3 is 30.6 Å². The van der Waals surface area contributed by atoms with Crippen LogP contribution in [0.1, 0.15) is 48.4 Å². The third-order valence-electron chi connectivity index (χ3n) is 6.81. The predicted molar refractivity (Wildman–Crippen MR) is 116 cm³/mol. The van der Waals surface area contributed by atoms with Gasteiger partial charge >= 0.3 is 0 Å². The standard InChI is InChI=1S/C23H24F4N4O3/c1-9-6-29-7-11-15(4-10(22(26)27)19(25)17(9)11)34-16-5-14(20(32)21(16)33)31-8-12(24)18-13(28)2-3-30-23(18)31/h2-4,8-9,14,16,20-22,29,32-33H,5-7H2,1H3,(H2,28,30)/t9-,14+,16-,20-,21+/m0/s1. The second-order valence-corrected chi connectivity index (χ2v) is 8.93. The van der Waals surface area contributed by atoms with E-state index in [1.807, 2.05) is 0 Å². The molecule has 0 unspecified atom stereocenters. The Labute approximate surface area is 192 Å². The van der Waals surface area contributed by atoms with Crippen molar-refractivity contribution in [3.8, 4) is 5.75 Å². The molecular weight excluding hydrogens is 456 g/mol.